The number of carboxylic acids is 1. The molecule has 0 aliphatic heterocycles. The number of nitrogens with zero attached hydrogens (tertiary/aromatic N) is 2. The Morgan fingerprint density at radius 2 is 1.69 bits per heavy atom. The number of carbonyl (C=O) groups excluding carboxylic acids is 1. The molecule has 3 heterocycles. The predicted molar refractivity (Wildman–Crippen MR) is 144 cm³/mol. The van der Waals surface area contributed by atoms with Crippen molar-refractivity contribution in [1.29, 1.82) is 0 Å². The van der Waals surface area contributed by atoms with Crippen LogP contribution >= 0.6 is 22.7 Å². The van der Waals surface area contributed by atoms with Crippen LogP contribution in [0.3, 0.4) is 0 Å². The monoisotopic (exact) mass is 517 g/mol. The summed E-state index contributed by atoms with van der Waals surface area (Å²) in [4.78, 5) is 25.7. The van der Waals surface area contributed by atoms with Crippen molar-refractivity contribution in [1.82, 2.24) is 9.78 Å². The molecular weight excluding hydrogens is 494 g/mol. The Hall–Kier alpha value is -3.95. The number of anilines is 1. The van der Waals surface area contributed by atoms with Gasteiger partial charge in [-0.3, -0.25) is 14.8 Å². The van der Waals surface area contributed by atoms with Crippen LogP contribution in [0.5, 0.6) is 0 Å². The van der Waals surface area contributed by atoms with Gasteiger partial charge in [0.1, 0.15) is 11.9 Å². The summed E-state index contributed by atoms with van der Waals surface area (Å²) in [5.74, 6) is -0.265. The molecule has 0 spiro atoms. The van der Waals surface area contributed by atoms with Crippen molar-refractivity contribution in [2.75, 3.05) is 5.32 Å². The van der Waals surface area contributed by atoms with Crippen LogP contribution in [-0.2, 0) is 23.0 Å². The molecule has 2 N–H and O–H groups in total. The molecule has 36 heavy (non-hydrogen) atoms. The van der Waals surface area contributed by atoms with Gasteiger partial charge in [-0.05, 0) is 35.7 Å². The highest BCUT2D eigenvalue weighted by atomic mass is 32.1. The van der Waals surface area contributed by atoms with Crippen molar-refractivity contribution >= 4 is 50.0 Å². The van der Waals surface area contributed by atoms with Gasteiger partial charge in [-0.15, -0.1) is 22.7 Å². The quantitative estimate of drug-likeness (QED) is 0.243. The summed E-state index contributed by atoms with van der Waals surface area (Å²) in [5.41, 5.74) is 3.58. The van der Waals surface area contributed by atoms with E-state index in [2.05, 4.69) is 22.5 Å². The number of aromatic nitrogens is 2. The van der Waals surface area contributed by atoms with E-state index >= 15 is 0 Å². The van der Waals surface area contributed by atoms with Crippen molar-refractivity contribution in [3.63, 3.8) is 0 Å². The number of carbonyl (C=O) groups is 2. The molecule has 0 radical (unpaired) electrons. The zero-order valence-electron chi connectivity index (χ0n) is 19.6. The van der Waals surface area contributed by atoms with Gasteiger partial charge in [-0.25, -0.2) is 4.79 Å². The van der Waals surface area contributed by atoms with Crippen LogP contribution in [0, 0.1) is 0 Å². The third-order valence-corrected chi connectivity index (χ3v) is 8.15. The average molecular weight is 518 g/mol. The number of amides is 1. The lowest BCUT2D eigenvalue weighted by molar-refractivity contribution is -0.136. The molecule has 1 amide bonds. The van der Waals surface area contributed by atoms with Crippen molar-refractivity contribution in [3.8, 4) is 20.9 Å². The van der Waals surface area contributed by atoms with Crippen LogP contribution in [0.25, 0.3) is 30.3 Å². The van der Waals surface area contributed by atoms with E-state index in [-0.39, 0.29) is 12.5 Å². The zero-order valence-corrected chi connectivity index (χ0v) is 21.2. The van der Waals surface area contributed by atoms with Crippen molar-refractivity contribution in [3.05, 3.63) is 84.1 Å². The summed E-state index contributed by atoms with van der Waals surface area (Å²) in [6.45, 7) is 1.84. The van der Waals surface area contributed by atoms with E-state index in [0.717, 1.165) is 41.4 Å². The summed E-state index contributed by atoms with van der Waals surface area (Å²) in [6, 6.07) is 21.5. The van der Waals surface area contributed by atoms with Gasteiger partial charge in [0.15, 0.2) is 0 Å². The van der Waals surface area contributed by atoms with E-state index in [1.54, 1.807) is 40.6 Å². The highest BCUT2D eigenvalue weighted by Crippen LogP contribution is 2.43. The van der Waals surface area contributed by atoms with Crippen molar-refractivity contribution < 1.29 is 19.4 Å². The number of ether oxygens (including phenoxy) is 1. The first-order valence-electron chi connectivity index (χ1n) is 11.3. The number of benzene rings is 2. The summed E-state index contributed by atoms with van der Waals surface area (Å²) in [6.07, 6.45) is 0.839. The summed E-state index contributed by atoms with van der Waals surface area (Å²) < 4.78 is 9.47. The average Bonchev–Trinajstić information content (AvgIpc) is 3.53. The fourth-order valence-electron chi connectivity index (χ4n) is 3.92. The molecule has 0 aliphatic rings. The van der Waals surface area contributed by atoms with Gasteiger partial charge < -0.3 is 9.84 Å². The van der Waals surface area contributed by atoms with E-state index in [9.17, 15) is 9.59 Å². The predicted octanol–water partition coefficient (Wildman–Crippen LogP) is 6.97. The normalized spacial score (nSPS) is 11.9. The molecule has 182 valence electrons. The molecule has 1 atom stereocenters. The first-order chi connectivity index (χ1) is 17.4. The Bertz CT molecular complexity index is 1500. The highest BCUT2D eigenvalue weighted by molar-refractivity contribution is 7.31. The number of hydrogen-bond acceptors (Lipinski definition) is 6. The maximum atomic E-state index is 12.6. The topological polar surface area (TPSA) is 93.4 Å². The van der Waals surface area contributed by atoms with E-state index < -0.39 is 12.1 Å². The number of fused-ring (bicyclic) bond motifs is 1. The maximum Gasteiger partial charge on any atom is 0.413 e. The van der Waals surface area contributed by atoms with Crippen molar-refractivity contribution in [2.45, 2.75) is 19.4 Å². The second-order valence-corrected chi connectivity index (χ2v) is 10.5. The third kappa shape index (κ3) is 5.02. The molecule has 5 rings (SSSR count). The third-order valence-electron chi connectivity index (χ3n) is 5.78. The molecule has 0 fully saturated rings. The van der Waals surface area contributed by atoms with Crippen LogP contribution in [0.15, 0.2) is 72.9 Å². The number of aryl methyl sites for hydroxylation is 1. The smallest absolute Gasteiger partial charge is 0.413 e. The Labute approximate surface area is 215 Å². The van der Waals surface area contributed by atoms with Gasteiger partial charge >= 0.3 is 12.1 Å². The Balaban J connectivity index is 1.33. The molecule has 9 heteroatoms. The van der Waals surface area contributed by atoms with Gasteiger partial charge in [0.25, 0.3) is 0 Å². The van der Waals surface area contributed by atoms with Gasteiger partial charge in [0.05, 0.1) is 18.2 Å². The molecule has 1 unspecified atom stereocenters. The Morgan fingerprint density at radius 3 is 2.39 bits per heavy atom. The number of aliphatic carboxylic acids is 1. The lowest BCUT2D eigenvalue weighted by atomic mass is 10.1. The van der Waals surface area contributed by atoms with Crippen LogP contribution in [0.2, 0.25) is 0 Å². The van der Waals surface area contributed by atoms with Gasteiger partial charge in [0.2, 0.25) is 0 Å². The first kappa shape index (κ1) is 23.8. The summed E-state index contributed by atoms with van der Waals surface area (Å²) in [7, 11) is 1.78. The van der Waals surface area contributed by atoms with Crippen LogP contribution < -0.4 is 5.32 Å². The van der Waals surface area contributed by atoms with Gasteiger partial charge in [-0.2, -0.15) is 5.10 Å². The number of nitrogens with one attached hydrogen (secondary N) is 1. The van der Waals surface area contributed by atoms with Crippen LogP contribution in [-0.4, -0.2) is 26.9 Å². The first-order valence-corrected chi connectivity index (χ1v) is 12.9. The fraction of sp³-hybridized carbons (Fsp3) is 0.148. The highest BCUT2D eigenvalue weighted by Gasteiger charge is 2.19. The molecule has 0 bridgehead atoms. The second-order valence-electron chi connectivity index (χ2n) is 8.33. The molecule has 0 saturated heterocycles. The molecule has 2 aromatic carbocycles. The molecular formula is C27H23N3O4S2. The number of thiophene rings is 2. The Morgan fingerprint density at radius 1 is 1.03 bits per heavy atom. The molecule has 0 saturated carbocycles. The molecule has 5 aromatic rings. The largest absolute Gasteiger partial charge is 0.481 e. The van der Waals surface area contributed by atoms with Gasteiger partial charge in [-0.1, -0.05) is 54.6 Å². The SMILES string of the molecule is CC(OC(=O)Nc1c(-c2cc3sc(-c4ccc(CC(=O)O)cc4)cc3s2)cnn1C)c1ccccc1. The van der Waals surface area contributed by atoms with E-state index in [1.165, 1.54) is 0 Å². The zero-order chi connectivity index (χ0) is 25.2. The maximum absolute atomic E-state index is 12.6. The Kier molecular flexibility index (Phi) is 6.58. The van der Waals surface area contributed by atoms with E-state index in [4.69, 9.17) is 9.84 Å². The minimum Gasteiger partial charge on any atom is -0.481 e. The lowest BCUT2D eigenvalue weighted by Gasteiger charge is -2.14. The number of hydrogen-bond donors (Lipinski definition) is 2. The minimum atomic E-state index is -0.838. The van der Waals surface area contributed by atoms with E-state index in [1.807, 2.05) is 61.5 Å². The second kappa shape index (κ2) is 9.96. The summed E-state index contributed by atoms with van der Waals surface area (Å²) in [5, 5.41) is 16.2. The van der Waals surface area contributed by atoms with Crippen LogP contribution in [0.1, 0.15) is 24.2 Å². The van der Waals surface area contributed by atoms with E-state index in [0.29, 0.717) is 5.82 Å². The van der Waals surface area contributed by atoms with Crippen molar-refractivity contribution in [2.24, 2.45) is 7.05 Å². The minimum absolute atomic E-state index is 0.0172. The number of rotatable bonds is 7. The lowest BCUT2D eigenvalue weighted by Crippen LogP contribution is -2.18. The molecule has 7 nitrogen and oxygen atoms in total. The van der Waals surface area contributed by atoms with Crippen LogP contribution in [0.4, 0.5) is 10.6 Å². The summed E-state index contributed by atoms with van der Waals surface area (Å²) >= 11 is 3.30. The molecule has 3 aromatic heterocycles. The molecule has 0 aliphatic carbocycles. The van der Waals surface area contributed by atoms with Gasteiger partial charge in [0, 0.05) is 26.2 Å². The number of carboxylic acid groups (broad SMARTS) is 1. The fourth-order valence-corrected chi connectivity index (χ4v) is 6.33. The standard InChI is InChI=1S/C27H23N3O4S2/c1-16(18-6-4-3-5-7-18)34-27(33)29-26-20(15-28-30(26)2)22-14-24-23(36-22)13-21(35-24)19-10-8-17(9-11-19)12-25(31)32/h3-11,13-16H,12H2,1-2H3,(H,29,33)(H,31,32).